The molecule has 1 amide bonds. The van der Waals surface area contributed by atoms with Gasteiger partial charge in [0.15, 0.2) is 0 Å². The fourth-order valence-electron chi connectivity index (χ4n) is 2.66. The maximum atomic E-state index is 12.2. The first-order valence-corrected chi connectivity index (χ1v) is 8.89. The number of sulfonamides is 1. The Morgan fingerprint density at radius 1 is 1.09 bits per heavy atom. The number of nitrogens with one attached hydrogen (secondary N) is 2. The summed E-state index contributed by atoms with van der Waals surface area (Å²) in [5, 5.41) is 11.8. The molecule has 1 fully saturated rings. The quantitative estimate of drug-likeness (QED) is 0.739. The normalized spacial score (nSPS) is 21.6. The van der Waals surface area contributed by atoms with Crippen LogP contribution in [-0.4, -0.2) is 38.5 Å². The van der Waals surface area contributed by atoms with Gasteiger partial charge in [0.05, 0.1) is 10.8 Å². The number of carbonyl (C=O) groups is 2. The fourth-order valence-corrected chi connectivity index (χ4v) is 3.39. The number of benzene rings is 1. The van der Waals surface area contributed by atoms with Crippen molar-refractivity contribution in [3.8, 4) is 0 Å². The number of carboxylic acid groups (broad SMARTS) is 1. The number of carbonyl (C=O) groups excluding carboxylic acids is 1. The van der Waals surface area contributed by atoms with Crippen LogP contribution >= 0.6 is 0 Å². The van der Waals surface area contributed by atoms with Crippen molar-refractivity contribution < 1.29 is 23.1 Å². The van der Waals surface area contributed by atoms with Crippen molar-refractivity contribution in [2.45, 2.75) is 36.6 Å². The molecule has 0 atom stereocenters. The van der Waals surface area contributed by atoms with Gasteiger partial charge in [-0.05, 0) is 57.0 Å². The zero-order chi connectivity index (χ0) is 17.0. The Morgan fingerprint density at radius 2 is 1.65 bits per heavy atom. The van der Waals surface area contributed by atoms with Crippen LogP contribution in [-0.2, 0) is 14.8 Å². The molecule has 0 heterocycles. The van der Waals surface area contributed by atoms with E-state index in [4.69, 9.17) is 5.11 Å². The predicted octanol–water partition coefficient (Wildman–Crippen LogP) is 0.968. The van der Waals surface area contributed by atoms with Crippen LogP contribution in [0.3, 0.4) is 0 Å². The molecule has 0 aliphatic heterocycles. The van der Waals surface area contributed by atoms with Gasteiger partial charge >= 0.3 is 5.97 Å². The molecule has 0 bridgehead atoms. The molecule has 8 heteroatoms. The number of aliphatic carboxylic acids is 1. The van der Waals surface area contributed by atoms with Crippen LogP contribution in [0.25, 0.3) is 0 Å². The summed E-state index contributed by atoms with van der Waals surface area (Å²) in [4.78, 5) is 23.2. The second-order valence-electron chi connectivity index (χ2n) is 5.59. The van der Waals surface area contributed by atoms with E-state index in [0.29, 0.717) is 31.2 Å². The highest BCUT2D eigenvalue weighted by Gasteiger charge is 2.26. The minimum absolute atomic E-state index is 0.0428. The van der Waals surface area contributed by atoms with Gasteiger partial charge < -0.3 is 10.4 Å². The first-order valence-electron chi connectivity index (χ1n) is 7.41. The summed E-state index contributed by atoms with van der Waals surface area (Å²) < 4.78 is 25.5. The van der Waals surface area contributed by atoms with E-state index in [-0.39, 0.29) is 22.8 Å². The number of hydrogen-bond acceptors (Lipinski definition) is 4. The van der Waals surface area contributed by atoms with Gasteiger partial charge in [0.2, 0.25) is 10.0 Å². The lowest BCUT2D eigenvalue weighted by atomic mass is 9.86. The molecule has 1 saturated carbocycles. The van der Waals surface area contributed by atoms with Crippen molar-refractivity contribution in [2.75, 3.05) is 7.05 Å². The maximum Gasteiger partial charge on any atom is 0.306 e. The average Bonchev–Trinajstić information content (AvgIpc) is 2.55. The second-order valence-corrected chi connectivity index (χ2v) is 7.48. The average molecular weight is 340 g/mol. The van der Waals surface area contributed by atoms with Gasteiger partial charge in [0.1, 0.15) is 0 Å². The van der Waals surface area contributed by atoms with E-state index < -0.39 is 16.0 Å². The minimum Gasteiger partial charge on any atom is -0.481 e. The summed E-state index contributed by atoms with van der Waals surface area (Å²) in [5.41, 5.74) is 0.375. The van der Waals surface area contributed by atoms with Crippen LogP contribution in [0.2, 0.25) is 0 Å². The number of hydrogen-bond donors (Lipinski definition) is 3. The molecule has 1 aromatic carbocycles. The lowest BCUT2D eigenvalue weighted by Crippen LogP contribution is -2.38. The molecule has 1 aliphatic carbocycles. The van der Waals surface area contributed by atoms with Crippen molar-refractivity contribution in [1.82, 2.24) is 10.0 Å². The molecule has 7 nitrogen and oxygen atoms in total. The molecule has 1 aromatic rings. The topological polar surface area (TPSA) is 113 Å². The van der Waals surface area contributed by atoms with Crippen LogP contribution in [0.5, 0.6) is 0 Å². The van der Waals surface area contributed by atoms with Crippen LogP contribution in [0.15, 0.2) is 29.2 Å². The molecular formula is C15H20N2O5S. The van der Waals surface area contributed by atoms with Crippen LogP contribution < -0.4 is 10.0 Å². The Hall–Kier alpha value is -1.93. The van der Waals surface area contributed by atoms with Crippen molar-refractivity contribution >= 4 is 21.9 Å². The molecule has 2 rings (SSSR count). The molecule has 1 aliphatic rings. The third kappa shape index (κ3) is 4.29. The van der Waals surface area contributed by atoms with E-state index in [1.165, 1.54) is 31.3 Å². The van der Waals surface area contributed by atoms with Gasteiger partial charge in [0.25, 0.3) is 5.91 Å². The third-order valence-corrected chi connectivity index (χ3v) is 5.54. The van der Waals surface area contributed by atoms with E-state index in [0.717, 1.165) is 0 Å². The number of amides is 1. The summed E-state index contributed by atoms with van der Waals surface area (Å²) in [6.45, 7) is 0. The monoisotopic (exact) mass is 340 g/mol. The van der Waals surface area contributed by atoms with E-state index in [2.05, 4.69) is 10.0 Å². The van der Waals surface area contributed by atoms with Gasteiger partial charge in [-0.1, -0.05) is 0 Å². The SMILES string of the molecule is CNS(=O)(=O)c1ccc(C(=O)NC2CCC(C(=O)O)CC2)cc1. The first-order chi connectivity index (χ1) is 10.8. The highest BCUT2D eigenvalue weighted by Crippen LogP contribution is 2.24. The molecule has 0 aromatic heterocycles. The standard InChI is InChI=1S/C15H20N2O5S/c1-16-23(21,22)13-8-4-10(5-9-13)14(18)17-12-6-2-11(3-7-12)15(19)20/h4-5,8-9,11-12,16H,2-3,6-7H2,1H3,(H,17,18)(H,19,20). The third-order valence-electron chi connectivity index (χ3n) is 4.11. The van der Waals surface area contributed by atoms with E-state index >= 15 is 0 Å². The molecule has 0 spiro atoms. The van der Waals surface area contributed by atoms with Crippen molar-refractivity contribution in [3.63, 3.8) is 0 Å². The van der Waals surface area contributed by atoms with E-state index in [1.54, 1.807) is 0 Å². The maximum absolute atomic E-state index is 12.2. The van der Waals surface area contributed by atoms with Gasteiger partial charge in [-0.25, -0.2) is 13.1 Å². The van der Waals surface area contributed by atoms with Crippen LogP contribution in [0.4, 0.5) is 0 Å². The fraction of sp³-hybridized carbons (Fsp3) is 0.467. The molecular weight excluding hydrogens is 320 g/mol. The lowest BCUT2D eigenvalue weighted by molar-refractivity contribution is -0.142. The van der Waals surface area contributed by atoms with E-state index in [1.807, 2.05) is 0 Å². The van der Waals surface area contributed by atoms with Crippen molar-refractivity contribution in [1.29, 1.82) is 0 Å². The lowest BCUT2D eigenvalue weighted by Gasteiger charge is -2.26. The summed E-state index contributed by atoms with van der Waals surface area (Å²) in [6, 6.07) is 5.63. The van der Waals surface area contributed by atoms with Gasteiger partial charge in [-0.15, -0.1) is 0 Å². The highest BCUT2D eigenvalue weighted by molar-refractivity contribution is 7.89. The zero-order valence-corrected chi connectivity index (χ0v) is 13.6. The summed E-state index contributed by atoms with van der Waals surface area (Å²) >= 11 is 0. The highest BCUT2D eigenvalue weighted by atomic mass is 32.2. The van der Waals surface area contributed by atoms with Gasteiger partial charge in [-0.2, -0.15) is 0 Å². The Morgan fingerprint density at radius 3 is 2.13 bits per heavy atom. The Kier molecular flexibility index (Phi) is 5.38. The number of carboxylic acids is 1. The zero-order valence-electron chi connectivity index (χ0n) is 12.8. The molecule has 23 heavy (non-hydrogen) atoms. The molecule has 0 saturated heterocycles. The smallest absolute Gasteiger partial charge is 0.306 e. The second kappa shape index (κ2) is 7.10. The Bertz CT molecular complexity index is 676. The Balaban J connectivity index is 1.95. The Labute approximate surface area is 135 Å². The van der Waals surface area contributed by atoms with Crippen LogP contribution in [0, 0.1) is 5.92 Å². The van der Waals surface area contributed by atoms with Crippen molar-refractivity contribution in [3.05, 3.63) is 29.8 Å². The van der Waals surface area contributed by atoms with Crippen LogP contribution in [0.1, 0.15) is 36.0 Å². The minimum atomic E-state index is -3.52. The first kappa shape index (κ1) is 17.4. The summed E-state index contributed by atoms with van der Waals surface area (Å²) in [6.07, 6.45) is 2.38. The molecule has 0 unspecified atom stereocenters. The van der Waals surface area contributed by atoms with Crippen molar-refractivity contribution in [2.24, 2.45) is 5.92 Å². The molecule has 0 radical (unpaired) electrons. The largest absolute Gasteiger partial charge is 0.481 e. The molecule has 3 N–H and O–H groups in total. The summed E-state index contributed by atoms with van der Waals surface area (Å²) in [7, 11) is -2.20. The summed E-state index contributed by atoms with van der Waals surface area (Å²) in [5.74, 6) is -1.39. The van der Waals surface area contributed by atoms with Gasteiger partial charge in [-0.3, -0.25) is 9.59 Å². The van der Waals surface area contributed by atoms with E-state index in [9.17, 15) is 18.0 Å². The van der Waals surface area contributed by atoms with Gasteiger partial charge in [0, 0.05) is 11.6 Å². The molecule has 126 valence electrons. The number of rotatable bonds is 5. The predicted molar refractivity (Wildman–Crippen MR) is 83.5 cm³/mol.